The number of aliphatic hydroxyl groups excluding tert-OH is 2. The fourth-order valence-corrected chi connectivity index (χ4v) is 3.71. The predicted molar refractivity (Wildman–Crippen MR) is 83.2 cm³/mol. The molecular formula is C14H19N3O4S. The zero-order valence-electron chi connectivity index (χ0n) is 12.1. The summed E-state index contributed by atoms with van der Waals surface area (Å²) in [5, 5.41) is 22.8. The molecule has 1 aliphatic heterocycles. The third-order valence-electron chi connectivity index (χ3n) is 3.53. The van der Waals surface area contributed by atoms with Crippen molar-refractivity contribution in [2.24, 2.45) is 5.11 Å². The summed E-state index contributed by atoms with van der Waals surface area (Å²) in [6, 6.07) is 9.09. The Labute approximate surface area is 132 Å². The molecule has 2 N–H and O–H groups in total. The first-order chi connectivity index (χ1) is 10.7. The number of ether oxygens (including phenoxy) is 2. The molecule has 22 heavy (non-hydrogen) atoms. The molecule has 0 amide bonds. The number of benzene rings is 1. The molecule has 0 saturated carbocycles. The number of hydrogen-bond acceptors (Lipinski definition) is 6. The van der Waals surface area contributed by atoms with E-state index < -0.39 is 24.5 Å². The topological polar surface area (TPSA) is 108 Å². The summed E-state index contributed by atoms with van der Waals surface area (Å²) in [7, 11) is 1.49. The van der Waals surface area contributed by atoms with Crippen molar-refractivity contribution in [1.82, 2.24) is 0 Å². The van der Waals surface area contributed by atoms with Crippen LogP contribution >= 0.6 is 11.8 Å². The van der Waals surface area contributed by atoms with Crippen molar-refractivity contribution in [3.63, 3.8) is 0 Å². The van der Waals surface area contributed by atoms with Crippen molar-refractivity contribution in [3.05, 3.63) is 46.3 Å². The summed E-state index contributed by atoms with van der Waals surface area (Å²) in [5.74, 6) is 0.669. The Morgan fingerprint density at radius 2 is 2.14 bits per heavy atom. The molecule has 5 atom stereocenters. The van der Waals surface area contributed by atoms with Gasteiger partial charge in [0, 0.05) is 17.8 Å². The van der Waals surface area contributed by atoms with E-state index in [2.05, 4.69) is 10.0 Å². The molecular weight excluding hydrogens is 306 g/mol. The van der Waals surface area contributed by atoms with E-state index in [1.54, 1.807) is 0 Å². The lowest BCUT2D eigenvalue weighted by Gasteiger charge is -2.41. The maximum atomic E-state index is 10.2. The molecule has 0 spiro atoms. The van der Waals surface area contributed by atoms with E-state index in [9.17, 15) is 10.2 Å². The van der Waals surface area contributed by atoms with Crippen LogP contribution in [-0.4, -0.2) is 53.7 Å². The third kappa shape index (κ3) is 3.92. The maximum Gasteiger partial charge on any atom is 0.170 e. The van der Waals surface area contributed by atoms with E-state index in [0.29, 0.717) is 5.75 Å². The van der Waals surface area contributed by atoms with Crippen LogP contribution in [0.3, 0.4) is 0 Å². The normalized spacial score (nSPS) is 31.5. The van der Waals surface area contributed by atoms with Crippen LogP contribution in [-0.2, 0) is 15.2 Å². The molecule has 7 nitrogen and oxygen atoms in total. The number of hydrogen-bond donors (Lipinski definition) is 2. The average molecular weight is 325 g/mol. The number of nitrogens with zero attached hydrogens (tertiary/aromatic N) is 3. The molecule has 0 aliphatic carbocycles. The summed E-state index contributed by atoms with van der Waals surface area (Å²) in [6.45, 7) is -0.367. The Morgan fingerprint density at radius 3 is 2.73 bits per heavy atom. The van der Waals surface area contributed by atoms with Gasteiger partial charge in [0.05, 0.1) is 24.0 Å². The molecule has 2 rings (SSSR count). The first-order valence-corrected chi connectivity index (χ1v) is 7.93. The molecule has 120 valence electrons. The zero-order valence-corrected chi connectivity index (χ0v) is 13.0. The highest BCUT2D eigenvalue weighted by molar-refractivity contribution is 7.99. The number of thioether (sulfide) groups is 1. The van der Waals surface area contributed by atoms with Gasteiger partial charge in [-0.1, -0.05) is 35.4 Å². The number of methoxy groups -OCH3 is 1. The molecule has 0 bridgehead atoms. The molecule has 1 saturated heterocycles. The number of rotatable bonds is 6. The van der Waals surface area contributed by atoms with E-state index in [4.69, 9.17) is 15.0 Å². The van der Waals surface area contributed by atoms with E-state index >= 15 is 0 Å². The summed E-state index contributed by atoms with van der Waals surface area (Å²) < 4.78 is 10.8. The van der Waals surface area contributed by atoms with Crippen LogP contribution in [0.4, 0.5) is 0 Å². The van der Waals surface area contributed by atoms with Gasteiger partial charge in [0.25, 0.3) is 0 Å². The fraction of sp³-hybridized carbons (Fsp3) is 0.571. The second-order valence-corrected chi connectivity index (χ2v) is 6.07. The molecule has 1 aromatic rings. The highest BCUT2D eigenvalue weighted by Crippen LogP contribution is 2.34. The predicted octanol–water partition coefficient (Wildman–Crippen LogP) is 1.69. The SMILES string of the molecule is CO[C@H]1O[C@H](CO)[C@@H](O)[C@@H](N=[N+]=[N-])[C@@H]1SCc1ccccc1. The Hall–Kier alpha value is -1.28. The Morgan fingerprint density at radius 1 is 1.41 bits per heavy atom. The molecule has 1 aliphatic rings. The lowest BCUT2D eigenvalue weighted by Crippen LogP contribution is -2.57. The summed E-state index contributed by atoms with van der Waals surface area (Å²) in [5.41, 5.74) is 9.86. The third-order valence-corrected chi connectivity index (χ3v) is 4.91. The van der Waals surface area contributed by atoms with E-state index in [1.807, 2.05) is 30.3 Å². The minimum absolute atomic E-state index is 0.362. The molecule has 0 radical (unpaired) electrons. The lowest BCUT2D eigenvalue weighted by atomic mass is 9.99. The second-order valence-electron chi connectivity index (χ2n) is 4.91. The average Bonchev–Trinajstić information content (AvgIpc) is 2.56. The van der Waals surface area contributed by atoms with Gasteiger partial charge in [0.15, 0.2) is 6.29 Å². The van der Waals surface area contributed by atoms with Crippen molar-refractivity contribution in [2.75, 3.05) is 13.7 Å². The van der Waals surface area contributed by atoms with Crippen LogP contribution in [0.2, 0.25) is 0 Å². The largest absolute Gasteiger partial charge is 0.394 e. The van der Waals surface area contributed by atoms with Gasteiger partial charge in [0.1, 0.15) is 6.10 Å². The van der Waals surface area contributed by atoms with E-state index in [0.717, 1.165) is 5.56 Å². The van der Waals surface area contributed by atoms with Crippen LogP contribution in [0.25, 0.3) is 10.4 Å². The fourth-order valence-electron chi connectivity index (χ4n) is 2.38. The van der Waals surface area contributed by atoms with Crippen LogP contribution in [0.5, 0.6) is 0 Å². The minimum Gasteiger partial charge on any atom is -0.394 e. The van der Waals surface area contributed by atoms with Crippen molar-refractivity contribution in [2.45, 2.75) is 35.5 Å². The van der Waals surface area contributed by atoms with E-state index in [-0.39, 0.29) is 11.9 Å². The molecule has 0 unspecified atom stereocenters. The number of aliphatic hydroxyl groups is 2. The molecule has 1 fully saturated rings. The Bertz CT molecular complexity index is 512. The maximum absolute atomic E-state index is 10.2. The molecule has 1 heterocycles. The highest BCUT2D eigenvalue weighted by atomic mass is 32.2. The molecule has 0 aromatic heterocycles. The summed E-state index contributed by atoms with van der Waals surface area (Å²) in [4.78, 5) is 2.81. The van der Waals surface area contributed by atoms with Gasteiger partial charge >= 0.3 is 0 Å². The summed E-state index contributed by atoms with van der Waals surface area (Å²) >= 11 is 1.49. The Kier molecular flexibility index (Phi) is 6.50. The lowest BCUT2D eigenvalue weighted by molar-refractivity contribution is -0.220. The first kappa shape index (κ1) is 17.1. The highest BCUT2D eigenvalue weighted by Gasteiger charge is 2.45. The van der Waals surface area contributed by atoms with Gasteiger partial charge in [-0.25, -0.2) is 0 Å². The van der Waals surface area contributed by atoms with E-state index in [1.165, 1.54) is 18.9 Å². The smallest absolute Gasteiger partial charge is 0.170 e. The van der Waals surface area contributed by atoms with Crippen molar-refractivity contribution < 1.29 is 19.7 Å². The standard InChI is InChI=1S/C14H19N3O4S/c1-20-14-13(22-8-9-5-3-2-4-6-9)11(16-17-15)12(19)10(7-18)21-14/h2-6,10-14,18-19H,7-8H2,1H3/t10-,11-,12-,13+,14+/m1/s1. The summed E-state index contributed by atoms with van der Waals surface area (Å²) in [6.07, 6.45) is -2.56. The van der Waals surface area contributed by atoms with Crippen LogP contribution in [0.15, 0.2) is 35.4 Å². The first-order valence-electron chi connectivity index (χ1n) is 6.88. The van der Waals surface area contributed by atoms with Crippen molar-refractivity contribution in [1.29, 1.82) is 0 Å². The number of azide groups is 1. The Balaban J connectivity index is 2.14. The molecule has 1 aromatic carbocycles. The minimum atomic E-state index is -1.07. The van der Waals surface area contributed by atoms with Gasteiger partial charge in [-0.2, -0.15) is 0 Å². The van der Waals surface area contributed by atoms with Gasteiger partial charge in [-0.15, -0.1) is 11.8 Å². The zero-order chi connectivity index (χ0) is 15.9. The van der Waals surface area contributed by atoms with Crippen LogP contribution in [0, 0.1) is 0 Å². The van der Waals surface area contributed by atoms with Crippen LogP contribution in [0.1, 0.15) is 5.56 Å². The second kappa shape index (κ2) is 8.38. The van der Waals surface area contributed by atoms with Gasteiger partial charge in [0.2, 0.25) is 0 Å². The molecule has 8 heteroatoms. The van der Waals surface area contributed by atoms with Gasteiger partial charge < -0.3 is 19.7 Å². The monoisotopic (exact) mass is 325 g/mol. The van der Waals surface area contributed by atoms with Gasteiger partial charge in [-0.3, -0.25) is 0 Å². The van der Waals surface area contributed by atoms with Crippen molar-refractivity contribution >= 4 is 11.8 Å². The van der Waals surface area contributed by atoms with Gasteiger partial charge in [-0.05, 0) is 11.1 Å². The van der Waals surface area contributed by atoms with Crippen LogP contribution < -0.4 is 0 Å². The van der Waals surface area contributed by atoms with Crippen molar-refractivity contribution in [3.8, 4) is 0 Å². The quantitative estimate of drug-likeness (QED) is 0.470.